The second-order valence-electron chi connectivity index (χ2n) is 5.41. The van der Waals surface area contributed by atoms with E-state index in [0.29, 0.717) is 12.1 Å². The van der Waals surface area contributed by atoms with Gasteiger partial charge in [0.1, 0.15) is 0 Å². The minimum atomic E-state index is -3.51. The molecular formula is C15H23N3O3S2. The minimum Gasteiger partial charge on any atom is -0.332 e. The number of rotatable bonds is 7. The van der Waals surface area contributed by atoms with Gasteiger partial charge in [-0.25, -0.2) is 13.1 Å². The molecule has 3 N–H and O–H groups in total. The van der Waals surface area contributed by atoms with E-state index in [1.165, 1.54) is 12.1 Å². The summed E-state index contributed by atoms with van der Waals surface area (Å²) in [5.41, 5.74) is 0.606. The van der Waals surface area contributed by atoms with Gasteiger partial charge in [-0.15, -0.1) is 0 Å². The van der Waals surface area contributed by atoms with Crippen molar-refractivity contribution in [1.82, 2.24) is 10.0 Å². The van der Waals surface area contributed by atoms with Crippen molar-refractivity contribution in [2.75, 3.05) is 5.32 Å². The average molecular weight is 358 g/mol. The molecule has 1 aromatic rings. The van der Waals surface area contributed by atoms with E-state index in [1.54, 1.807) is 26.0 Å². The van der Waals surface area contributed by atoms with Crippen LogP contribution in [0.2, 0.25) is 0 Å². The molecule has 0 heterocycles. The molecule has 1 rings (SSSR count). The van der Waals surface area contributed by atoms with E-state index in [1.807, 2.05) is 6.92 Å². The topological polar surface area (TPSA) is 87.3 Å². The average Bonchev–Trinajstić information content (AvgIpc) is 2.44. The van der Waals surface area contributed by atoms with E-state index in [-0.39, 0.29) is 22.0 Å². The zero-order valence-corrected chi connectivity index (χ0v) is 15.2. The zero-order valence-electron chi connectivity index (χ0n) is 13.5. The first-order valence-corrected chi connectivity index (χ1v) is 9.37. The van der Waals surface area contributed by atoms with Gasteiger partial charge in [0.15, 0.2) is 5.11 Å². The Kier molecular flexibility index (Phi) is 7.60. The summed E-state index contributed by atoms with van der Waals surface area (Å²) in [6.45, 7) is 5.52. The Labute approximate surface area is 143 Å². The van der Waals surface area contributed by atoms with Crippen molar-refractivity contribution >= 4 is 38.9 Å². The third-order valence-corrected chi connectivity index (χ3v) is 4.70. The Balaban J connectivity index is 2.64. The van der Waals surface area contributed by atoms with Crippen LogP contribution in [-0.2, 0) is 14.8 Å². The summed E-state index contributed by atoms with van der Waals surface area (Å²) in [6.07, 6.45) is 2.17. The van der Waals surface area contributed by atoms with Crippen LogP contribution in [-0.4, -0.2) is 25.5 Å². The third kappa shape index (κ3) is 7.06. The maximum absolute atomic E-state index is 12.0. The van der Waals surface area contributed by atoms with Gasteiger partial charge in [0.2, 0.25) is 15.9 Å². The number of carbonyl (C=O) groups is 1. The number of nitrogens with one attached hydrogen (secondary N) is 3. The monoisotopic (exact) mass is 357 g/mol. The number of unbranched alkanes of at least 4 members (excludes halogenated alkanes) is 1. The molecule has 0 bridgehead atoms. The molecule has 0 atom stereocenters. The second kappa shape index (κ2) is 8.95. The number of benzene rings is 1. The molecule has 128 valence electrons. The van der Waals surface area contributed by atoms with Gasteiger partial charge < -0.3 is 10.6 Å². The lowest BCUT2D eigenvalue weighted by Gasteiger charge is -2.12. The zero-order chi connectivity index (χ0) is 17.5. The number of carbonyl (C=O) groups excluding carboxylic acids is 1. The highest BCUT2D eigenvalue weighted by molar-refractivity contribution is 7.89. The van der Waals surface area contributed by atoms with Crippen LogP contribution in [0.15, 0.2) is 29.2 Å². The highest BCUT2D eigenvalue weighted by atomic mass is 32.2. The summed E-state index contributed by atoms with van der Waals surface area (Å²) in [5, 5.41) is 5.63. The Morgan fingerprint density at radius 2 is 1.83 bits per heavy atom. The lowest BCUT2D eigenvalue weighted by molar-refractivity contribution is -0.119. The Hall–Kier alpha value is -1.51. The van der Waals surface area contributed by atoms with E-state index < -0.39 is 10.0 Å². The summed E-state index contributed by atoms with van der Waals surface area (Å²) in [5.74, 6) is -0.135. The largest absolute Gasteiger partial charge is 0.332 e. The highest BCUT2D eigenvalue weighted by Crippen LogP contribution is 2.14. The summed E-state index contributed by atoms with van der Waals surface area (Å²) >= 11 is 5.05. The Morgan fingerprint density at radius 3 is 2.35 bits per heavy atom. The van der Waals surface area contributed by atoms with Crippen LogP contribution in [0.25, 0.3) is 0 Å². The first-order valence-electron chi connectivity index (χ1n) is 7.48. The molecule has 0 aliphatic carbocycles. The minimum absolute atomic E-state index is 0.135. The van der Waals surface area contributed by atoms with Gasteiger partial charge in [-0.2, -0.15) is 0 Å². The van der Waals surface area contributed by atoms with Crippen molar-refractivity contribution in [3.63, 3.8) is 0 Å². The van der Waals surface area contributed by atoms with Gasteiger partial charge in [0, 0.05) is 18.2 Å². The quantitative estimate of drug-likeness (QED) is 0.652. The van der Waals surface area contributed by atoms with Crippen molar-refractivity contribution in [3.8, 4) is 0 Å². The van der Waals surface area contributed by atoms with Crippen LogP contribution in [0.3, 0.4) is 0 Å². The third-order valence-electron chi connectivity index (χ3n) is 2.82. The van der Waals surface area contributed by atoms with Crippen LogP contribution < -0.4 is 15.4 Å². The van der Waals surface area contributed by atoms with Crippen molar-refractivity contribution in [2.24, 2.45) is 0 Å². The van der Waals surface area contributed by atoms with Crippen molar-refractivity contribution in [1.29, 1.82) is 0 Å². The standard InChI is InChI=1S/C15H23N3O3S2/c1-4-5-6-14(19)17-15(22)16-12-7-9-13(10-8-12)23(20,21)18-11(2)3/h7-11,18H,4-6H2,1-3H3,(H2,16,17,19,22). The van der Waals surface area contributed by atoms with E-state index in [9.17, 15) is 13.2 Å². The van der Waals surface area contributed by atoms with Gasteiger partial charge in [-0.05, 0) is 56.8 Å². The molecule has 0 spiro atoms. The van der Waals surface area contributed by atoms with Crippen LogP contribution >= 0.6 is 12.2 Å². The van der Waals surface area contributed by atoms with Gasteiger partial charge in [-0.3, -0.25) is 4.79 Å². The van der Waals surface area contributed by atoms with Gasteiger partial charge in [0.25, 0.3) is 0 Å². The first-order chi connectivity index (χ1) is 10.7. The van der Waals surface area contributed by atoms with Crippen LogP contribution in [0.5, 0.6) is 0 Å². The Bertz CT molecular complexity index is 640. The van der Waals surface area contributed by atoms with Crippen LogP contribution in [0.1, 0.15) is 40.0 Å². The van der Waals surface area contributed by atoms with Crippen LogP contribution in [0, 0.1) is 0 Å². The van der Waals surface area contributed by atoms with E-state index in [2.05, 4.69) is 15.4 Å². The van der Waals surface area contributed by atoms with Crippen molar-refractivity contribution in [3.05, 3.63) is 24.3 Å². The predicted molar refractivity (Wildman–Crippen MR) is 95.8 cm³/mol. The smallest absolute Gasteiger partial charge is 0.240 e. The second-order valence-corrected chi connectivity index (χ2v) is 7.53. The molecule has 0 aliphatic rings. The fraction of sp³-hybridized carbons (Fsp3) is 0.467. The number of hydrogen-bond donors (Lipinski definition) is 3. The van der Waals surface area contributed by atoms with E-state index >= 15 is 0 Å². The summed E-state index contributed by atoms with van der Waals surface area (Å²) < 4.78 is 26.5. The first kappa shape index (κ1) is 19.5. The number of amides is 1. The number of sulfonamides is 1. The summed E-state index contributed by atoms with van der Waals surface area (Å²) in [7, 11) is -3.51. The molecule has 0 saturated carbocycles. The summed E-state index contributed by atoms with van der Waals surface area (Å²) in [4.78, 5) is 11.7. The molecule has 8 heteroatoms. The van der Waals surface area contributed by atoms with Gasteiger partial charge in [0.05, 0.1) is 4.90 Å². The lowest BCUT2D eigenvalue weighted by Crippen LogP contribution is -2.34. The molecule has 1 aromatic carbocycles. The molecule has 0 aromatic heterocycles. The fourth-order valence-corrected chi connectivity index (χ4v) is 3.27. The molecule has 1 amide bonds. The number of hydrogen-bond acceptors (Lipinski definition) is 4. The normalized spacial score (nSPS) is 11.3. The maximum atomic E-state index is 12.0. The fourth-order valence-electron chi connectivity index (χ4n) is 1.78. The van der Waals surface area contributed by atoms with Crippen molar-refractivity contribution in [2.45, 2.75) is 51.0 Å². The van der Waals surface area contributed by atoms with Gasteiger partial charge in [-0.1, -0.05) is 13.3 Å². The highest BCUT2D eigenvalue weighted by Gasteiger charge is 2.15. The van der Waals surface area contributed by atoms with Crippen LogP contribution in [0.4, 0.5) is 5.69 Å². The van der Waals surface area contributed by atoms with Gasteiger partial charge >= 0.3 is 0 Å². The van der Waals surface area contributed by atoms with E-state index in [4.69, 9.17) is 12.2 Å². The van der Waals surface area contributed by atoms with E-state index in [0.717, 1.165) is 12.8 Å². The molecule has 0 saturated heterocycles. The molecule has 0 aliphatic heterocycles. The maximum Gasteiger partial charge on any atom is 0.240 e. The predicted octanol–water partition coefficient (Wildman–Crippen LogP) is 2.38. The summed E-state index contributed by atoms with van der Waals surface area (Å²) in [6, 6.07) is 5.98. The molecule has 23 heavy (non-hydrogen) atoms. The number of thiocarbonyl (C=S) groups is 1. The molecule has 6 nitrogen and oxygen atoms in total. The van der Waals surface area contributed by atoms with Crippen molar-refractivity contribution < 1.29 is 13.2 Å². The molecule has 0 unspecified atom stereocenters. The lowest BCUT2D eigenvalue weighted by atomic mass is 10.2. The SMILES string of the molecule is CCCCC(=O)NC(=S)Nc1ccc(S(=O)(=O)NC(C)C)cc1. The molecule has 0 radical (unpaired) electrons. The molecule has 0 fully saturated rings. The Morgan fingerprint density at radius 1 is 1.22 bits per heavy atom. The molecular weight excluding hydrogens is 334 g/mol. The number of anilines is 1.